The van der Waals surface area contributed by atoms with E-state index in [0.29, 0.717) is 10.2 Å². The molecule has 3 rings (SSSR count). The molecule has 3 aromatic rings. The summed E-state index contributed by atoms with van der Waals surface area (Å²) in [5.41, 5.74) is 2.43. The van der Waals surface area contributed by atoms with E-state index in [1.165, 1.54) is 12.1 Å². The first-order valence-corrected chi connectivity index (χ1v) is 7.46. The van der Waals surface area contributed by atoms with Crippen molar-refractivity contribution in [2.24, 2.45) is 0 Å². The van der Waals surface area contributed by atoms with Crippen molar-refractivity contribution in [3.63, 3.8) is 0 Å². The van der Waals surface area contributed by atoms with Gasteiger partial charge in [0.15, 0.2) is 0 Å². The zero-order valence-corrected chi connectivity index (χ0v) is 13.3. The number of nitrogens with zero attached hydrogens (tertiary/aromatic N) is 1. The predicted octanol–water partition coefficient (Wildman–Crippen LogP) is 4.70. The van der Waals surface area contributed by atoms with Gasteiger partial charge in [0, 0.05) is 16.1 Å². The molecule has 1 heterocycles. The van der Waals surface area contributed by atoms with E-state index in [9.17, 15) is 9.18 Å². The van der Waals surface area contributed by atoms with Gasteiger partial charge >= 0.3 is 0 Å². The monoisotopic (exact) mass is 358 g/mol. The molecule has 0 aliphatic heterocycles. The van der Waals surface area contributed by atoms with Crippen molar-refractivity contribution in [3.05, 3.63) is 70.1 Å². The Hall–Kier alpha value is -2.27. The SMILES string of the molecule is Cc1ccc(NC(=O)c2cc(Br)ccc2F)c2cccnc12. The Morgan fingerprint density at radius 3 is 2.86 bits per heavy atom. The van der Waals surface area contributed by atoms with Gasteiger partial charge in [-0.25, -0.2) is 4.39 Å². The van der Waals surface area contributed by atoms with Crippen LogP contribution in [0.3, 0.4) is 0 Å². The lowest BCUT2D eigenvalue weighted by Gasteiger charge is -2.10. The second-order valence-corrected chi connectivity index (χ2v) is 5.82. The standard InChI is InChI=1S/C17H12BrFN2O/c1-10-4-7-15(12-3-2-8-20-16(10)12)21-17(22)13-9-11(18)5-6-14(13)19/h2-9H,1H3,(H,21,22). The summed E-state index contributed by atoms with van der Waals surface area (Å²) in [4.78, 5) is 16.6. The van der Waals surface area contributed by atoms with Gasteiger partial charge in [0.05, 0.1) is 16.8 Å². The van der Waals surface area contributed by atoms with Crippen molar-refractivity contribution in [1.82, 2.24) is 4.98 Å². The molecule has 110 valence electrons. The Balaban J connectivity index is 2.02. The fourth-order valence-electron chi connectivity index (χ4n) is 2.28. The maximum absolute atomic E-state index is 13.8. The van der Waals surface area contributed by atoms with Crippen molar-refractivity contribution >= 4 is 38.4 Å². The molecule has 1 amide bonds. The number of hydrogen-bond donors (Lipinski definition) is 1. The molecule has 0 fully saturated rings. The molecule has 0 atom stereocenters. The smallest absolute Gasteiger partial charge is 0.258 e. The van der Waals surface area contributed by atoms with Crippen molar-refractivity contribution in [2.75, 3.05) is 5.32 Å². The van der Waals surface area contributed by atoms with Crippen molar-refractivity contribution < 1.29 is 9.18 Å². The number of aryl methyl sites for hydroxylation is 1. The average Bonchev–Trinajstić information content (AvgIpc) is 2.52. The topological polar surface area (TPSA) is 42.0 Å². The van der Waals surface area contributed by atoms with Crippen LogP contribution in [0.15, 0.2) is 53.1 Å². The maximum Gasteiger partial charge on any atom is 0.258 e. The zero-order valence-electron chi connectivity index (χ0n) is 11.7. The third kappa shape index (κ3) is 2.72. The Labute approximate surface area is 135 Å². The zero-order chi connectivity index (χ0) is 15.7. The summed E-state index contributed by atoms with van der Waals surface area (Å²) < 4.78 is 14.5. The molecule has 3 nitrogen and oxygen atoms in total. The van der Waals surface area contributed by atoms with Crippen LogP contribution >= 0.6 is 15.9 Å². The third-order valence-corrected chi connectivity index (χ3v) is 3.89. The van der Waals surface area contributed by atoms with E-state index in [1.807, 2.05) is 19.1 Å². The van der Waals surface area contributed by atoms with Gasteiger partial charge in [-0.3, -0.25) is 9.78 Å². The van der Waals surface area contributed by atoms with Gasteiger partial charge in [-0.1, -0.05) is 22.0 Å². The summed E-state index contributed by atoms with van der Waals surface area (Å²) in [6, 6.07) is 11.6. The highest BCUT2D eigenvalue weighted by molar-refractivity contribution is 9.10. The molecule has 0 bridgehead atoms. The molecule has 0 aliphatic carbocycles. The van der Waals surface area contributed by atoms with Crippen molar-refractivity contribution in [2.45, 2.75) is 6.92 Å². The van der Waals surface area contributed by atoms with Crippen LogP contribution in [0.1, 0.15) is 15.9 Å². The number of rotatable bonds is 2. The lowest BCUT2D eigenvalue weighted by atomic mass is 10.1. The van der Waals surface area contributed by atoms with Crippen LogP contribution < -0.4 is 5.32 Å². The number of pyridine rings is 1. The lowest BCUT2D eigenvalue weighted by Crippen LogP contribution is -2.14. The number of benzene rings is 2. The van der Waals surface area contributed by atoms with Crippen LogP contribution in [0.4, 0.5) is 10.1 Å². The fraction of sp³-hybridized carbons (Fsp3) is 0.0588. The first kappa shape index (κ1) is 14.7. The number of nitrogens with one attached hydrogen (secondary N) is 1. The highest BCUT2D eigenvalue weighted by Crippen LogP contribution is 2.25. The fourth-order valence-corrected chi connectivity index (χ4v) is 2.65. The number of anilines is 1. The van der Waals surface area contributed by atoms with Crippen LogP contribution in [0.2, 0.25) is 0 Å². The van der Waals surface area contributed by atoms with E-state index in [-0.39, 0.29) is 5.56 Å². The second kappa shape index (κ2) is 5.85. The number of halogens is 2. The molecule has 1 N–H and O–H groups in total. The molecule has 0 spiro atoms. The highest BCUT2D eigenvalue weighted by Gasteiger charge is 2.14. The summed E-state index contributed by atoms with van der Waals surface area (Å²) in [6.45, 7) is 1.95. The molecule has 0 aliphatic rings. The predicted molar refractivity (Wildman–Crippen MR) is 88.5 cm³/mol. The van der Waals surface area contributed by atoms with E-state index in [0.717, 1.165) is 16.5 Å². The van der Waals surface area contributed by atoms with Gasteiger partial charge < -0.3 is 5.32 Å². The number of fused-ring (bicyclic) bond motifs is 1. The van der Waals surface area contributed by atoms with Gasteiger partial charge in [-0.05, 0) is 48.9 Å². The van der Waals surface area contributed by atoms with Crippen molar-refractivity contribution in [3.8, 4) is 0 Å². The Morgan fingerprint density at radius 1 is 1.23 bits per heavy atom. The minimum Gasteiger partial charge on any atom is -0.321 e. The van der Waals surface area contributed by atoms with E-state index >= 15 is 0 Å². The number of carbonyl (C=O) groups is 1. The first-order valence-electron chi connectivity index (χ1n) is 6.67. The Kier molecular flexibility index (Phi) is 3.90. The second-order valence-electron chi connectivity index (χ2n) is 4.91. The largest absolute Gasteiger partial charge is 0.321 e. The molecule has 0 unspecified atom stereocenters. The van der Waals surface area contributed by atoms with Crippen molar-refractivity contribution in [1.29, 1.82) is 0 Å². The molecule has 1 aromatic heterocycles. The third-order valence-electron chi connectivity index (χ3n) is 3.39. The molecule has 0 saturated carbocycles. The minimum absolute atomic E-state index is 0.00742. The lowest BCUT2D eigenvalue weighted by molar-refractivity contribution is 0.102. The molecule has 0 radical (unpaired) electrons. The summed E-state index contributed by atoms with van der Waals surface area (Å²) in [5.74, 6) is -1.05. The van der Waals surface area contributed by atoms with Crippen LogP contribution in [0.5, 0.6) is 0 Å². The van der Waals surface area contributed by atoms with E-state index in [4.69, 9.17) is 0 Å². The van der Waals surface area contributed by atoms with Gasteiger partial charge in [-0.15, -0.1) is 0 Å². The summed E-state index contributed by atoms with van der Waals surface area (Å²) in [7, 11) is 0. The molecule has 22 heavy (non-hydrogen) atoms. The number of amides is 1. The normalized spacial score (nSPS) is 10.7. The van der Waals surface area contributed by atoms with Crippen LogP contribution in [0, 0.1) is 12.7 Å². The quantitative estimate of drug-likeness (QED) is 0.721. The minimum atomic E-state index is -0.560. The summed E-state index contributed by atoms with van der Waals surface area (Å²) in [5, 5.41) is 3.58. The van der Waals surface area contributed by atoms with Crippen LogP contribution in [0.25, 0.3) is 10.9 Å². The van der Waals surface area contributed by atoms with Gasteiger partial charge in [-0.2, -0.15) is 0 Å². The maximum atomic E-state index is 13.8. The van der Waals surface area contributed by atoms with Gasteiger partial charge in [0.25, 0.3) is 5.91 Å². The first-order chi connectivity index (χ1) is 10.6. The summed E-state index contributed by atoms with van der Waals surface area (Å²) in [6.07, 6.45) is 1.70. The van der Waals surface area contributed by atoms with Gasteiger partial charge in [0.1, 0.15) is 5.82 Å². The molecular formula is C17H12BrFN2O. The molecular weight excluding hydrogens is 347 g/mol. The number of hydrogen-bond acceptors (Lipinski definition) is 2. The Bertz CT molecular complexity index is 880. The summed E-state index contributed by atoms with van der Waals surface area (Å²) >= 11 is 3.24. The van der Waals surface area contributed by atoms with Gasteiger partial charge in [0.2, 0.25) is 0 Å². The Morgan fingerprint density at radius 2 is 2.05 bits per heavy atom. The molecule has 5 heteroatoms. The van der Waals surface area contributed by atoms with E-state index in [1.54, 1.807) is 24.4 Å². The highest BCUT2D eigenvalue weighted by atomic mass is 79.9. The average molecular weight is 359 g/mol. The van der Waals surface area contributed by atoms with Crippen LogP contribution in [-0.4, -0.2) is 10.9 Å². The van der Waals surface area contributed by atoms with E-state index < -0.39 is 11.7 Å². The van der Waals surface area contributed by atoms with E-state index in [2.05, 4.69) is 26.2 Å². The molecule has 0 saturated heterocycles. The molecule has 2 aromatic carbocycles. The number of aromatic nitrogens is 1. The van der Waals surface area contributed by atoms with Crippen LogP contribution in [-0.2, 0) is 0 Å². The number of carbonyl (C=O) groups excluding carboxylic acids is 1.